The normalized spacial score (nSPS) is 9.44. The van der Waals surface area contributed by atoms with Gasteiger partial charge in [-0.05, 0) is 11.8 Å². The van der Waals surface area contributed by atoms with E-state index >= 15 is 0 Å². The predicted octanol–water partition coefficient (Wildman–Crippen LogP) is 1.05. The van der Waals surface area contributed by atoms with Crippen LogP contribution in [0.1, 0.15) is 6.92 Å². The molecule has 0 aliphatic rings. The summed E-state index contributed by atoms with van der Waals surface area (Å²) in [5.41, 5.74) is 0. The first-order valence-corrected chi connectivity index (χ1v) is 3.28. The van der Waals surface area contributed by atoms with Crippen molar-refractivity contribution < 1.29 is 4.79 Å². The molecule has 1 rings (SSSR count). The summed E-state index contributed by atoms with van der Waals surface area (Å²) >= 11 is 1.10. The van der Waals surface area contributed by atoms with Crippen LogP contribution in [0.25, 0.3) is 0 Å². The van der Waals surface area contributed by atoms with E-state index in [4.69, 9.17) is 0 Å². The molecule has 0 fully saturated rings. The van der Waals surface area contributed by atoms with Crippen LogP contribution in [0.3, 0.4) is 0 Å². The van der Waals surface area contributed by atoms with Crippen molar-refractivity contribution >= 4 is 16.9 Å². The highest BCUT2D eigenvalue weighted by Gasteiger charge is 1.97. The van der Waals surface area contributed by atoms with Crippen molar-refractivity contribution in [2.45, 2.75) is 12.1 Å². The number of carbonyl (C=O) groups excluding carboxylic acids is 1. The summed E-state index contributed by atoms with van der Waals surface area (Å²) in [7, 11) is 0. The van der Waals surface area contributed by atoms with Crippen molar-refractivity contribution in [2.24, 2.45) is 0 Å². The monoisotopic (exact) mass is 142 g/mol. The lowest BCUT2D eigenvalue weighted by Crippen LogP contribution is -1.81. The van der Waals surface area contributed by atoms with E-state index in [0.29, 0.717) is 5.16 Å². The van der Waals surface area contributed by atoms with Gasteiger partial charge in [0.2, 0.25) is 0 Å². The molecule has 0 saturated heterocycles. The molecule has 1 aromatic heterocycles. The lowest BCUT2D eigenvalue weighted by atomic mass is 10.9. The predicted molar refractivity (Wildman–Crippen MR) is 35.1 cm³/mol. The lowest BCUT2D eigenvalue weighted by Gasteiger charge is -1.85. The van der Waals surface area contributed by atoms with Crippen molar-refractivity contribution in [1.29, 1.82) is 0 Å². The summed E-state index contributed by atoms with van der Waals surface area (Å²) in [6.07, 6.45) is 3.30. The molecule has 0 atom stereocenters. The van der Waals surface area contributed by atoms with Crippen molar-refractivity contribution in [1.82, 2.24) is 9.97 Å². The van der Waals surface area contributed by atoms with Crippen LogP contribution < -0.4 is 0 Å². The first-order chi connectivity index (χ1) is 4.29. The van der Waals surface area contributed by atoms with Gasteiger partial charge in [0.1, 0.15) is 0 Å². The first kappa shape index (κ1) is 6.35. The minimum Gasteiger partial charge on any atom is -0.339 e. The summed E-state index contributed by atoms with van der Waals surface area (Å²) in [4.78, 5) is 17.1. The van der Waals surface area contributed by atoms with Gasteiger partial charge >= 0.3 is 0 Å². The molecule has 9 heavy (non-hydrogen) atoms. The topological polar surface area (TPSA) is 45.8 Å². The highest BCUT2D eigenvalue weighted by Crippen LogP contribution is 2.10. The molecule has 1 aromatic rings. The number of aromatic nitrogens is 2. The maximum absolute atomic E-state index is 10.4. The molecule has 0 spiro atoms. The number of thioether (sulfide) groups is 1. The maximum Gasteiger partial charge on any atom is 0.193 e. The molecule has 48 valence electrons. The fourth-order valence-corrected chi connectivity index (χ4v) is 0.956. The number of nitrogens with zero attached hydrogens (tertiary/aromatic N) is 1. The molecule has 4 heteroatoms. The Bertz CT molecular complexity index is 195. The van der Waals surface area contributed by atoms with E-state index in [1.54, 1.807) is 12.4 Å². The van der Waals surface area contributed by atoms with Gasteiger partial charge in [0, 0.05) is 19.3 Å². The Balaban J connectivity index is 2.58. The SMILES string of the molecule is CC(=O)Sc1ncc[nH]1. The van der Waals surface area contributed by atoms with Gasteiger partial charge in [-0.3, -0.25) is 4.79 Å². The van der Waals surface area contributed by atoms with Crippen LogP contribution in [-0.4, -0.2) is 15.1 Å². The second-order valence-corrected chi connectivity index (χ2v) is 2.65. The number of imidazole rings is 1. The van der Waals surface area contributed by atoms with E-state index in [9.17, 15) is 4.79 Å². The van der Waals surface area contributed by atoms with Crippen molar-refractivity contribution in [3.8, 4) is 0 Å². The maximum atomic E-state index is 10.4. The van der Waals surface area contributed by atoms with E-state index in [0.717, 1.165) is 11.8 Å². The van der Waals surface area contributed by atoms with Gasteiger partial charge in [-0.15, -0.1) is 0 Å². The summed E-state index contributed by atoms with van der Waals surface area (Å²) in [5.74, 6) is 0. The molecule has 0 bridgehead atoms. The largest absolute Gasteiger partial charge is 0.339 e. The third-order valence-electron chi connectivity index (χ3n) is 0.714. The van der Waals surface area contributed by atoms with Crippen LogP contribution in [0.2, 0.25) is 0 Å². The van der Waals surface area contributed by atoms with Crippen molar-refractivity contribution in [3.05, 3.63) is 12.4 Å². The van der Waals surface area contributed by atoms with E-state index < -0.39 is 0 Å². The zero-order valence-corrected chi connectivity index (χ0v) is 5.73. The number of hydrogen-bond donors (Lipinski definition) is 1. The summed E-state index contributed by atoms with van der Waals surface area (Å²) in [5, 5.41) is 0.701. The van der Waals surface area contributed by atoms with Crippen molar-refractivity contribution in [2.75, 3.05) is 0 Å². The Hall–Kier alpha value is -0.770. The van der Waals surface area contributed by atoms with E-state index in [1.807, 2.05) is 0 Å². The van der Waals surface area contributed by atoms with Gasteiger partial charge < -0.3 is 4.98 Å². The Morgan fingerprint density at radius 3 is 3.11 bits per heavy atom. The van der Waals surface area contributed by atoms with Gasteiger partial charge in [0.15, 0.2) is 10.3 Å². The van der Waals surface area contributed by atoms with Crippen LogP contribution in [0, 0.1) is 0 Å². The van der Waals surface area contributed by atoms with Crippen LogP contribution >= 0.6 is 11.8 Å². The molecule has 0 saturated carbocycles. The number of nitrogens with one attached hydrogen (secondary N) is 1. The van der Waals surface area contributed by atoms with Gasteiger partial charge in [-0.25, -0.2) is 4.98 Å². The molecule has 0 aliphatic carbocycles. The first-order valence-electron chi connectivity index (χ1n) is 2.47. The molecule has 0 aromatic carbocycles. The zero-order valence-electron chi connectivity index (χ0n) is 4.92. The fourth-order valence-electron chi connectivity index (χ4n) is 0.443. The number of H-pyrrole nitrogens is 1. The summed E-state index contributed by atoms with van der Waals surface area (Å²) in [6, 6.07) is 0. The summed E-state index contributed by atoms with van der Waals surface area (Å²) < 4.78 is 0. The quantitative estimate of drug-likeness (QED) is 0.596. The molecule has 0 unspecified atom stereocenters. The van der Waals surface area contributed by atoms with Crippen LogP contribution in [-0.2, 0) is 4.79 Å². The minimum absolute atomic E-state index is 0.0463. The van der Waals surface area contributed by atoms with E-state index in [2.05, 4.69) is 9.97 Å². The Labute approximate surface area is 56.9 Å². The average molecular weight is 142 g/mol. The molecule has 1 N–H and O–H groups in total. The molecular weight excluding hydrogens is 136 g/mol. The van der Waals surface area contributed by atoms with Gasteiger partial charge in [0.25, 0.3) is 0 Å². The van der Waals surface area contributed by atoms with Gasteiger partial charge in [0.05, 0.1) is 0 Å². The van der Waals surface area contributed by atoms with E-state index in [1.165, 1.54) is 6.92 Å². The van der Waals surface area contributed by atoms with Crippen LogP contribution in [0.15, 0.2) is 17.6 Å². The number of aromatic amines is 1. The molecule has 1 heterocycles. The molecule has 0 radical (unpaired) electrons. The van der Waals surface area contributed by atoms with Gasteiger partial charge in [-0.1, -0.05) is 0 Å². The number of rotatable bonds is 1. The number of hydrogen-bond acceptors (Lipinski definition) is 3. The highest BCUT2D eigenvalue weighted by molar-refractivity contribution is 8.13. The third-order valence-corrected chi connectivity index (χ3v) is 1.42. The van der Waals surface area contributed by atoms with E-state index in [-0.39, 0.29) is 5.12 Å². The second-order valence-electron chi connectivity index (χ2n) is 1.49. The molecule has 3 nitrogen and oxygen atoms in total. The number of carbonyl (C=O) groups is 1. The minimum atomic E-state index is 0.0463. The van der Waals surface area contributed by atoms with Crippen LogP contribution in [0.5, 0.6) is 0 Å². The average Bonchev–Trinajstić information content (AvgIpc) is 2.15. The lowest BCUT2D eigenvalue weighted by molar-refractivity contribution is -0.109. The smallest absolute Gasteiger partial charge is 0.193 e. The molecular formula is C5H6N2OS. The Morgan fingerprint density at radius 1 is 1.89 bits per heavy atom. The molecule has 0 aliphatic heterocycles. The highest BCUT2D eigenvalue weighted by atomic mass is 32.2. The Morgan fingerprint density at radius 2 is 2.67 bits per heavy atom. The second kappa shape index (κ2) is 2.68. The fraction of sp³-hybridized carbons (Fsp3) is 0.200. The van der Waals surface area contributed by atoms with Crippen LogP contribution in [0.4, 0.5) is 0 Å². The third kappa shape index (κ3) is 1.89. The summed E-state index contributed by atoms with van der Waals surface area (Å²) in [6.45, 7) is 1.51. The van der Waals surface area contributed by atoms with Gasteiger partial charge in [-0.2, -0.15) is 0 Å². The Kier molecular flexibility index (Phi) is 1.89. The van der Waals surface area contributed by atoms with Crippen molar-refractivity contribution in [3.63, 3.8) is 0 Å². The molecule has 0 amide bonds. The zero-order chi connectivity index (χ0) is 6.69. The standard InChI is InChI=1S/C5H6N2OS/c1-4(8)9-5-6-2-3-7-5/h2-3H,1H3,(H,6,7).